The number of hydrogen-bond acceptors (Lipinski definition) is 4. The number of halogens is 2. The lowest BCUT2D eigenvalue weighted by Crippen LogP contribution is -2.24. The summed E-state index contributed by atoms with van der Waals surface area (Å²) in [5.74, 6) is -2.55. The SMILES string of the molecule is COC(=O)c1cc(CNC(=O)c2cc(F)ccc2F)ccc1OC. The summed E-state index contributed by atoms with van der Waals surface area (Å²) >= 11 is 0. The molecule has 2 aromatic rings. The third-order valence-corrected chi connectivity index (χ3v) is 3.30. The maximum absolute atomic E-state index is 13.6. The number of rotatable bonds is 5. The minimum absolute atomic E-state index is 0.0166. The van der Waals surface area contributed by atoms with Gasteiger partial charge in [0.25, 0.3) is 5.91 Å². The first kappa shape index (κ1) is 17.4. The lowest BCUT2D eigenvalue weighted by molar-refractivity contribution is 0.0597. The molecule has 0 aliphatic heterocycles. The molecule has 0 atom stereocenters. The highest BCUT2D eigenvalue weighted by molar-refractivity contribution is 5.94. The van der Waals surface area contributed by atoms with Crippen molar-refractivity contribution in [2.75, 3.05) is 14.2 Å². The molecule has 7 heteroatoms. The van der Waals surface area contributed by atoms with Gasteiger partial charge < -0.3 is 14.8 Å². The van der Waals surface area contributed by atoms with Crippen LogP contribution in [0, 0.1) is 11.6 Å². The molecule has 0 saturated heterocycles. The minimum Gasteiger partial charge on any atom is -0.496 e. The van der Waals surface area contributed by atoms with Crippen molar-refractivity contribution >= 4 is 11.9 Å². The first-order valence-corrected chi connectivity index (χ1v) is 6.94. The second-order valence-corrected chi connectivity index (χ2v) is 4.83. The van der Waals surface area contributed by atoms with E-state index in [0.29, 0.717) is 11.3 Å². The number of esters is 1. The number of nitrogens with one attached hydrogen (secondary N) is 1. The van der Waals surface area contributed by atoms with Crippen LogP contribution in [0.2, 0.25) is 0 Å². The summed E-state index contributed by atoms with van der Waals surface area (Å²) in [4.78, 5) is 23.7. The molecule has 1 N–H and O–H groups in total. The van der Waals surface area contributed by atoms with Gasteiger partial charge in [-0.1, -0.05) is 6.07 Å². The van der Waals surface area contributed by atoms with Crippen LogP contribution >= 0.6 is 0 Å². The summed E-state index contributed by atoms with van der Waals surface area (Å²) in [6, 6.07) is 7.31. The zero-order valence-electron chi connectivity index (χ0n) is 13.1. The topological polar surface area (TPSA) is 64.6 Å². The Morgan fingerprint density at radius 1 is 1.04 bits per heavy atom. The molecule has 0 heterocycles. The average molecular weight is 335 g/mol. The second kappa shape index (κ2) is 7.54. The van der Waals surface area contributed by atoms with Crippen molar-refractivity contribution in [1.82, 2.24) is 5.32 Å². The monoisotopic (exact) mass is 335 g/mol. The van der Waals surface area contributed by atoms with Gasteiger partial charge in [0, 0.05) is 6.54 Å². The van der Waals surface area contributed by atoms with Crippen molar-refractivity contribution in [3.8, 4) is 5.75 Å². The van der Waals surface area contributed by atoms with Gasteiger partial charge in [-0.2, -0.15) is 0 Å². The van der Waals surface area contributed by atoms with Crippen LogP contribution in [0.4, 0.5) is 8.78 Å². The van der Waals surface area contributed by atoms with E-state index in [2.05, 4.69) is 10.1 Å². The van der Waals surface area contributed by atoms with E-state index < -0.39 is 29.1 Å². The fraction of sp³-hybridized carbons (Fsp3) is 0.176. The van der Waals surface area contributed by atoms with Crippen LogP contribution in [0.3, 0.4) is 0 Å². The van der Waals surface area contributed by atoms with Gasteiger partial charge in [-0.25, -0.2) is 13.6 Å². The van der Waals surface area contributed by atoms with Crippen LogP contribution in [0.5, 0.6) is 5.75 Å². The molecule has 1 amide bonds. The zero-order valence-corrected chi connectivity index (χ0v) is 13.1. The molecule has 0 aliphatic rings. The standard InChI is InChI=1S/C17H15F2NO4/c1-23-15-6-3-10(7-13(15)17(22)24-2)9-20-16(21)12-8-11(18)4-5-14(12)19/h3-8H,9H2,1-2H3,(H,20,21). The number of ether oxygens (including phenoxy) is 2. The Balaban J connectivity index is 2.15. The molecule has 0 spiro atoms. The van der Waals surface area contributed by atoms with Gasteiger partial charge in [-0.3, -0.25) is 4.79 Å². The number of methoxy groups -OCH3 is 2. The third kappa shape index (κ3) is 3.87. The highest BCUT2D eigenvalue weighted by Gasteiger charge is 2.15. The summed E-state index contributed by atoms with van der Waals surface area (Å²) in [7, 11) is 2.65. The van der Waals surface area contributed by atoms with Gasteiger partial charge >= 0.3 is 5.97 Å². The Kier molecular flexibility index (Phi) is 5.47. The van der Waals surface area contributed by atoms with Crippen LogP contribution in [0.1, 0.15) is 26.3 Å². The number of carbonyl (C=O) groups excluding carboxylic acids is 2. The van der Waals surface area contributed by atoms with Crippen molar-refractivity contribution in [1.29, 1.82) is 0 Å². The van der Waals surface area contributed by atoms with Gasteiger partial charge in [0.15, 0.2) is 0 Å². The molecular formula is C17H15F2NO4. The van der Waals surface area contributed by atoms with Crippen molar-refractivity contribution in [3.05, 3.63) is 64.7 Å². The lowest BCUT2D eigenvalue weighted by atomic mass is 10.1. The third-order valence-electron chi connectivity index (χ3n) is 3.30. The Hall–Kier alpha value is -2.96. The summed E-state index contributed by atoms with van der Waals surface area (Å²) in [5, 5.41) is 2.47. The smallest absolute Gasteiger partial charge is 0.341 e. The summed E-state index contributed by atoms with van der Waals surface area (Å²) in [6.45, 7) is 0.0166. The second-order valence-electron chi connectivity index (χ2n) is 4.83. The van der Waals surface area contributed by atoms with Crippen LogP contribution in [-0.4, -0.2) is 26.1 Å². The normalized spacial score (nSPS) is 10.2. The first-order chi connectivity index (χ1) is 11.5. The molecule has 0 unspecified atom stereocenters. The molecule has 0 aliphatic carbocycles. The summed E-state index contributed by atoms with van der Waals surface area (Å²) < 4.78 is 36.4. The fourth-order valence-electron chi connectivity index (χ4n) is 2.08. The number of hydrogen-bond donors (Lipinski definition) is 1. The van der Waals surface area contributed by atoms with Crippen molar-refractivity contribution < 1.29 is 27.8 Å². The van der Waals surface area contributed by atoms with Crippen molar-refractivity contribution in [2.24, 2.45) is 0 Å². The van der Waals surface area contributed by atoms with Crippen molar-refractivity contribution in [2.45, 2.75) is 6.54 Å². The van der Waals surface area contributed by atoms with E-state index in [-0.39, 0.29) is 12.1 Å². The molecule has 0 aromatic heterocycles. The zero-order chi connectivity index (χ0) is 17.7. The minimum atomic E-state index is -0.820. The van der Waals surface area contributed by atoms with Crippen molar-refractivity contribution in [3.63, 3.8) is 0 Å². The summed E-state index contributed by atoms with van der Waals surface area (Å²) in [6.07, 6.45) is 0. The molecule has 0 bridgehead atoms. The number of carbonyl (C=O) groups is 2. The van der Waals surface area contributed by atoms with E-state index >= 15 is 0 Å². The van der Waals surface area contributed by atoms with Gasteiger partial charge in [-0.15, -0.1) is 0 Å². The van der Waals surface area contributed by atoms with Crippen LogP contribution in [0.15, 0.2) is 36.4 Å². The molecule has 0 fully saturated rings. The Bertz CT molecular complexity index is 777. The molecule has 2 rings (SSSR count). The van der Waals surface area contributed by atoms with E-state index in [1.54, 1.807) is 12.1 Å². The predicted molar refractivity (Wildman–Crippen MR) is 81.9 cm³/mol. The van der Waals surface area contributed by atoms with E-state index in [1.807, 2.05) is 0 Å². The highest BCUT2D eigenvalue weighted by atomic mass is 19.1. The van der Waals surface area contributed by atoms with Gasteiger partial charge in [0.05, 0.1) is 19.8 Å². The highest BCUT2D eigenvalue weighted by Crippen LogP contribution is 2.21. The van der Waals surface area contributed by atoms with Gasteiger partial charge in [0.1, 0.15) is 22.9 Å². The maximum atomic E-state index is 13.6. The molecule has 0 radical (unpaired) electrons. The van der Waals surface area contributed by atoms with E-state index in [0.717, 1.165) is 18.2 Å². The average Bonchev–Trinajstić information content (AvgIpc) is 2.60. The van der Waals surface area contributed by atoms with Crippen LogP contribution in [0.25, 0.3) is 0 Å². The predicted octanol–water partition coefficient (Wildman–Crippen LogP) is 2.69. The van der Waals surface area contributed by atoms with Gasteiger partial charge in [-0.05, 0) is 35.9 Å². The molecule has 2 aromatic carbocycles. The van der Waals surface area contributed by atoms with E-state index in [9.17, 15) is 18.4 Å². The maximum Gasteiger partial charge on any atom is 0.341 e. The molecular weight excluding hydrogens is 320 g/mol. The number of benzene rings is 2. The number of amides is 1. The molecule has 126 valence electrons. The fourth-order valence-corrected chi connectivity index (χ4v) is 2.08. The van der Waals surface area contributed by atoms with E-state index in [1.165, 1.54) is 20.3 Å². The Labute approximate surface area is 137 Å². The molecule has 0 saturated carbocycles. The van der Waals surface area contributed by atoms with Crippen LogP contribution in [-0.2, 0) is 11.3 Å². The lowest BCUT2D eigenvalue weighted by Gasteiger charge is -2.10. The van der Waals surface area contributed by atoms with Crippen LogP contribution < -0.4 is 10.1 Å². The first-order valence-electron chi connectivity index (χ1n) is 6.94. The molecule has 24 heavy (non-hydrogen) atoms. The Morgan fingerprint density at radius 3 is 2.46 bits per heavy atom. The summed E-state index contributed by atoms with van der Waals surface area (Å²) in [5.41, 5.74) is 0.377. The quantitative estimate of drug-likeness (QED) is 0.853. The largest absolute Gasteiger partial charge is 0.496 e. The van der Waals surface area contributed by atoms with E-state index in [4.69, 9.17) is 4.74 Å². The molecule has 5 nitrogen and oxygen atoms in total. The Morgan fingerprint density at radius 2 is 1.79 bits per heavy atom. The van der Waals surface area contributed by atoms with Gasteiger partial charge in [0.2, 0.25) is 0 Å².